The van der Waals surface area contributed by atoms with Crippen LogP contribution in [-0.2, 0) is 9.53 Å². The number of methoxy groups -OCH3 is 1. The van der Waals surface area contributed by atoms with E-state index in [1.807, 2.05) is 36.6 Å². The number of hydrogen-bond donors (Lipinski definition) is 1. The Labute approximate surface area is 124 Å². The molecule has 0 aliphatic carbocycles. The van der Waals surface area contributed by atoms with Gasteiger partial charge in [-0.3, -0.25) is 0 Å². The minimum absolute atomic E-state index is 0.212. The maximum absolute atomic E-state index is 11.8. The molecule has 1 aromatic heterocycles. The van der Waals surface area contributed by atoms with E-state index >= 15 is 0 Å². The molecule has 0 saturated heterocycles. The molecule has 0 bridgehead atoms. The van der Waals surface area contributed by atoms with Crippen LogP contribution in [0.4, 0.5) is 0 Å². The van der Waals surface area contributed by atoms with Crippen LogP contribution in [0.2, 0.25) is 0 Å². The highest BCUT2D eigenvalue weighted by Gasteiger charge is 2.24. The molecule has 0 amide bonds. The van der Waals surface area contributed by atoms with Gasteiger partial charge in [0, 0.05) is 28.7 Å². The van der Waals surface area contributed by atoms with E-state index in [2.05, 4.69) is 0 Å². The van der Waals surface area contributed by atoms with E-state index in [0.717, 1.165) is 10.9 Å². The van der Waals surface area contributed by atoms with Crippen molar-refractivity contribution in [2.45, 2.75) is 32.9 Å². The molecule has 0 saturated carbocycles. The van der Waals surface area contributed by atoms with Gasteiger partial charge in [-0.05, 0) is 39.0 Å². The Morgan fingerprint density at radius 1 is 1.38 bits per heavy atom. The van der Waals surface area contributed by atoms with Gasteiger partial charge in [-0.15, -0.1) is 0 Å². The fraction of sp³-hybridized carbons (Fsp3) is 0.438. The van der Waals surface area contributed by atoms with Gasteiger partial charge in [-0.25, -0.2) is 4.79 Å². The van der Waals surface area contributed by atoms with E-state index in [1.165, 1.54) is 0 Å². The number of aromatic nitrogens is 1. The van der Waals surface area contributed by atoms with Crippen LogP contribution >= 0.6 is 0 Å². The summed E-state index contributed by atoms with van der Waals surface area (Å²) in [7, 11) is 1.59. The summed E-state index contributed by atoms with van der Waals surface area (Å²) in [5, 5.41) is 11.0. The maximum Gasteiger partial charge on any atom is 0.339 e. The molecule has 1 aromatic carbocycles. The van der Waals surface area contributed by atoms with Crippen molar-refractivity contribution >= 4 is 16.9 Å². The summed E-state index contributed by atoms with van der Waals surface area (Å²) in [5.41, 5.74) is 1.49. The van der Waals surface area contributed by atoms with Crippen LogP contribution in [0, 0.1) is 0 Å². The fourth-order valence-electron chi connectivity index (χ4n) is 2.38. The topological polar surface area (TPSA) is 60.7 Å². The van der Waals surface area contributed by atoms with Gasteiger partial charge < -0.3 is 19.1 Å². The van der Waals surface area contributed by atoms with Gasteiger partial charge in [0.15, 0.2) is 6.10 Å². The Bertz CT molecular complexity index is 645. The molecule has 21 heavy (non-hydrogen) atoms. The number of esters is 1. The number of aliphatic hydroxyl groups excluding tert-OH is 1. The first kappa shape index (κ1) is 15.4. The van der Waals surface area contributed by atoms with Gasteiger partial charge in [0.2, 0.25) is 0 Å². The number of carbonyl (C=O) groups is 1. The molecule has 1 heterocycles. The molecule has 0 radical (unpaired) electrons. The summed E-state index contributed by atoms with van der Waals surface area (Å²) < 4.78 is 12.2. The summed E-state index contributed by atoms with van der Waals surface area (Å²) in [6.45, 7) is 6.04. The third-order valence-corrected chi connectivity index (χ3v) is 3.43. The molecule has 0 aliphatic heterocycles. The number of rotatable bonds is 5. The Hall–Kier alpha value is -2.01. The van der Waals surface area contributed by atoms with Crippen molar-refractivity contribution in [2.24, 2.45) is 0 Å². The number of carbonyl (C=O) groups excluding carboxylic acids is 1. The molecule has 5 nitrogen and oxygen atoms in total. The average molecular weight is 291 g/mol. The van der Waals surface area contributed by atoms with Gasteiger partial charge >= 0.3 is 5.97 Å². The minimum atomic E-state index is -1.29. The van der Waals surface area contributed by atoms with E-state index in [-0.39, 0.29) is 12.6 Å². The third kappa shape index (κ3) is 2.88. The summed E-state index contributed by atoms with van der Waals surface area (Å²) in [4.78, 5) is 11.8. The van der Waals surface area contributed by atoms with Crippen LogP contribution in [0.3, 0.4) is 0 Å². The van der Waals surface area contributed by atoms with Gasteiger partial charge in [0.1, 0.15) is 5.75 Å². The number of nitrogens with zero attached hydrogens (tertiary/aromatic N) is 1. The zero-order chi connectivity index (χ0) is 15.6. The lowest BCUT2D eigenvalue weighted by Crippen LogP contribution is -2.15. The molecule has 0 aliphatic rings. The first-order valence-electron chi connectivity index (χ1n) is 7.02. The molecular weight excluding hydrogens is 270 g/mol. The van der Waals surface area contributed by atoms with E-state index in [0.29, 0.717) is 11.3 Å². The highest BCUT2D eigenvalue weighted by molar-refractivity contribution is 5.90. The summed E-state index contributed by atoms with van der Waals surface area (Å²) in [6, 6.07) is 5.83. The fourth-order valence-corrected chi connectivity index (χ4v) is 2.38. The summed E-state index contributed by atoms with van der Waals surface area (Å²) >= 11 is 0. The minimum Gasteiger partial charge on any atom is -0.497 e. The van der Waals surface area contributed by atoms with Crippen LogP contribution < -0.4 is 4.74 Å². The number of aliphatic hydroxyl groups is 1. The molecule has 2 rings (SSSR count). The molecule has 1 atom stereocenters. The Balaban J connectivity index is 2.58. The van der Waals surface area contributed by atoms with Crippen LogP contribution in [0.5, 0.6) is 5.75 Å². The lowest BCUT2D eigenvalue weighted by molar-refractivity contribution is -0.153. The van der Waals surface area contributed by atoms with Crippen molar-refractivity contribution in [3.05, 3.63) is 30.0 Å². The number of fused-ring (bicyclic) bond motifs is 1. The van der Waals surface area contributed by atoms with Gasteiger partial charge in [-0.1, -0.05) is 0 Å². The van der Waals surface area contributed by atoms with Crippen LogP contribution in [0.1, 0.15) is 38.5 Å². The largest absolute Gasteiger partial charge is 0.497 e. The van der Waals surface area contributed by atoms with Crippen LogP contribution in [-0.4, -0.2) is 29.4 Å². The first-order chi connectivity index (χ1) is 9.99. The molecular formula is C16H21NO4. The molecule has 1 N–H and O–H groups in total. The van der Waals surface area contributed by atoms with Gasteiger partial charge in [0.05, 0.1) is 13.7 Å². The Kier molecular flexibility index (Phi) is 4.53. The second-order valence-corrected chi connectivity index (χ2v) is 5.12. The second kappa shape index (κ2) is 6.18. The summed E-state index contributed by atoms with van der Waals surface area (Å²) in [5.74, 6) is 0.0458. The predicted molar refractivity (Wildman–Crippen MR) is 80.5 cm³/mol. The SMILES string of the molecule is CCOC(=O)C(O)c1cn(C(C)C)c2ccc(OC)cc12. The standard InChI is InChI=1S/C16H21NO4/c1-5-21-16(19)15(18)13-9-17(10(2)3)14-7-6-11(20-4)8-12(13)14/h6-10,15,18H,5H2,1-4H3. The lowest BCUT2D eigenvalue weighted by Gasteiger charge is -2.09. The lowest BCUT2D eigenvalue weighted by atomic mass is 10.1. The average Bonchev–Trinajstić information content (AvgIpc) is 2.85. The molecule has 114 valence electrons. The van der Waals surface area contributed by atoms with Crippen molar-refractivity contribution in [2.75, 3.05) is 13.7 Å². The Morgan fingerprint density at radius 2 is 2.10 bits per heavy atom. The zero-order valence-corrected chi connectivity index (χ0v) is 12.8. The van der Waals surface area contributed by atoms with E-state index in [9.17, 15) is 9.90 Å². The molecule has 1 unspecified atom stereocenters. The Morgan fingerprint density at radius 3 is 2.67 bits per heavy atom. The van der Waals surface area contributed by atoms with Crippen LogP contribution in [0.25, 0.3) is 10.9 Å². The number of ether oxygens (including phenoxy) is 2. The van der Waals surface area contributed by atoms with E-state index in [4.69, 9.17) is 9.47 Å². The van der Waals surface area contributed by atoms with E-state index < -0.39 is 12.1 Å². The maximum atomic E-state index is 11.8. The predicted octanol–water partition coefficient (Wildman–Crippen LogP) is 2.83. The van der Waals surface area contributed by atoms with Crippen molar-refractivity contribution in [3.8, 4) is 5.75 Å². The molecule has 0 spiro atoms. The normalized spacial score (nSPS) is 12.7. The highest BCUT2D eigenvalue weighted by atomic mass is 16.5. The molecule has 5 heteroatoms. The van der Waals surface area contributed by atoms with E-state index in [1.54, 1.807) is 20.2 Å². The molecule has 2 aromatic rings. The monoisotopic (exact) mass is 291 g/mol. The van der Waals surface area contributed by atoms with Crippen molar-refractivity contribution in [1.29, 1.82) is 0 Å². The quantitative estimate of drug-likeness (QED) is 0.861. The van der Waals surface area contributed by atoms with Crippen molar-refractivity contribution < 1.29 is 19.4 Å². The summed E-state index contributed by atoms with van der Waals surface area (Å²) in [6.07, 6.45) is 0.510. The number of benzene rings is 1. The first-order valence-corrected chi connectivity index (χ1v) is 7.02. The van der Waals surface area contributed by atoms with Crippen molar-refractivity contribution in [1.82, 2.24) is 4.57 Å². The van der Waals surface area contributed by atoms with Gasteiger partial charge in [-0.2, -0.15) is 0 Å². The zero-order valence-electron chi connectivity index (χ0n) is 12.8. The van der Waals surface area contributed by atoms with Crippen LogP contribution in [0.15, 0.2) is 24.4 Å². The third-order valence-electron chi connectivity index (χ3n) is 3.43. The van der Waals surface area contributed by atoms with Gasteiger partial charge in [0.25, 0.3) is 0 Å². The smallest absolute Gasteiger partial charge is 0.339 e. The highest BCUT2D eigenvalue weighted by Crippen LogP contribution is 2.32. The molecule has 0 fully saturated rings. The van der Waals surface area contributed by atoms with Crippen molar-refractivity contribution in [3.63, 3.8) is 0 Å². The second-order valence-electron chi connectivity index (χ2n) is 5.12. The number of hydrogen-bond acceptors (Lipinski definition) is 4.